The molecule has 1 saturated heterocycles. The van der Waals surface area contributed by atoms with Gasteiger partial charge in [0.15, 0.2) is 0 Å². The minimum atomic E-state index is -0.449. The molecule has 0 amide bonds. The first-order valence-electron chi connectivity index (χ1n) is 7.19. The quantitative estimate of drug-likeness (QED) is 0.711. The predicted octanol–water partition coefficient (Wildman–Crippen LogP) is 2.96. The van der Waals surface area contributed by atoms with Crippen molar-refractivity contribution < 1.29 is 29.2 Å². The number of piperidine rings is 1. The van der Waals surface area contributed by atoms with Gasteiger partial charge >= 0.3 is 127 Å². The van der Waals surface area contributed by atoms with Crippen LogP contribution in [0.3, 0.4) is 0 Å². The van der Waals surface area contributed by atoms with Crippen LogP contribution in [0.1, 0.15) is 39.2 Å². The standard InChI is InChI=1S/C16H23N.Y/c1-15(2,3)17-12-10-16(4,11-13-17)14-8-6-5-7-9-14;/h5-8H,4,10-13H2,1-3H3;. The summed E-state index contributed by atoms with van der Waals surface area (Å²) in [6.45, 7) is 9.64. The Morgan fingerprint density at radius 1 is 1.11 bits per heavy atom. The van der Waals surface area contributed by atoms with Crippen molar-refractivity contribution in [3.8, 4) is 0 Å². The first kappa shape index (κ1) is 13.3. The predicted molar refractivity (Wildman–Crippen MR) is 73.1 cm³/mol. The topological polar surface area (TPSA) is 3.24 Å². The average molecular weight is 318 g/mol. The summed E-state index contributed by atoms with van der Waals surface area (Å²) in [5.74, 6) is 0. The summed E-state index contributed by atoms with van der Waals surface area (Å²) in [5.41, 5.74) is 2.70. The Balaban J connectivity index is 1.81. The van der Waals surface area contributed by atoms with Crippen molar-refractivity contribution in [2.24, 2.45) is 0 Å². The molecule has 1 aromatic rings. The molecule has 18 heavy (non-hydrogen) atoms. The molecule has 0 bridgehead atoms. The SMILES string of the molecule is CC(C)(C)N1CCC2(CC1)[CH2][Y][c]1ccccc12. The number of fused-ring (bicyclic) bond motifs is 2. The van der Waals surface area contributed by atoms with Crippen LogP contribution in [-0.4, -0.2) is 23.5 Å². The molecule has 2 heterocycles. The van der Waals surface area contributed by atoms with Gasteiger partial charge in [0, 0.05) is 0 Å². The zero-order valence-electron chi connectivity index (χ0n) is 11.9. The number of hydrogen-bond acceptors (Lipinski definition) is 1. The van der Waals surface area contributed by atoms with Gasteiger partial charge in [-0.15, -0.1) is 0 Å². The number of hydrogen-bond donors (Lipinski definition) is 0. The van der Waals surface area contributed by atoms with Gasteiger partial charge in [0.1, 0.15) is 0 Å². The first-order valence-corrected chi connectivity index (χ1v) is 10.6. The van der Waals surface area contributed by atoms with E-state index >= 15 is 0 Å². The van der Waals surface area contributed by atoms with E-state index in [0.29, 0.717) is 11.0 Å². The number of nitrogens with zero attached hydrogens (tertiary/aromatic N) is 1. The fraction of sp³-hybridized carbons (Fsp3) is 0.625. The Morgan fingerprint density at radius 3 is 2.44 bits per heavy atom. The third-order valence-electron chi connectivity index (χ3n) is 4.91. The molecular formula is C16H23NY. The summed E-state index contributed by atoms with van der Waals surface area (Å²) in [4.78, 5) is 2.67. The molecule has 95 valence electrons. The maximum atomic E-state index is 2.67. The second-order valence-corrected chi connectivity index (χ2v) is 10.5. The fourth-order valence-corrected chi connectivity index (χ4v) is 8.83. The van der Waals surface area contributed by atoms with Gasteiger partial charge in [-0.2, -0.15) is 0 Å². The van der Waals surface area contributed by atoms with Crippen molar-refractivity contribution in [1.29, 1.82) is 0 Å². The number of benzene rings is 1. The molecule has 1 nitrogen and oxygen atoms in total. The summed E-state index contributed by atoms with van der Waals surface area (Å²) in [6, 6.07) is 9.35. The van der Waals surface area contributed by atoms with E-state index in [0.717, 1.165) is 0 Å². The van der Waals surface area contributed by atoms with Gasteiger partial charge in [-0.3, -0.25) is 0 Å². The molecule has 0 atom stereocenters. The van der Waals surface area contributed by atoms with E-state index in [1.807, 2.05) is 0 Å². The molecule has 0 radical (unpaired) electrons. The van der Waals surface area contributed by atoms with Gasteiger partial charge in [0.2, 0.25) is 0 Å². The molecule has 0 N–H and O–H groups in total. The molecule has 0 unspecified atom stereocenters. The van der Waals surface area contributed by atoms with Gasteiger partial charge in [-0.05, 0) is 0 Å². The van der Waals surface area contributed by atoms with Crippen molar-refractivity contribution in [2.45, 2.75) is 47.8 Å². The van der Waals surface area contributed by atoms with E-state index < -0.39 is 29.2 Å². The van der Waals surface area contributed by atoms with E-state index in [1.54, 1.807) is 11.2 Å². The zero-order chi connectivity index (χ0) is 12.8. The van der Waals surface area contributed by atoms with Crippen molar-refractivity contribution in [3.63, 3.8) is 0 Å². The molecule has 0 saturated carbocycles. The molecule has 3 rings (SSSR count). The summed E-state index contributed by atoms with van der Waals surface area (Å²) >= 11 is -0.449. The van der Waals surface area contributed by atoms with Crippen LogP contribution in [0.2, 0.25) is 3.23 Å². The Kier molecular flexibility index (Phi) is 3.45. The van der Waals surface area contributed by atoms with Crippen LogP contribution in [0, 0.1) is 0 Å². The van der Waals surface area contributed by atoms with Gasteiger partial charge in [-0.25, -0.2) is 0 Å². The second-order valence-electron chi connectivity index (χ2n) is 6.93. The van der Waals surface area contributed by atoms with E-state index in [9.17, 15) is 0 Å². The van der Waals surface area contributed by atoms with Crippen molar-refractivity contribution >= 4 is 2.37 Å². The third-order valence-corrected chi connectivity index (χ3v) is 9.66. The normalized spacial score (nSPS) is 22.4. The molecule has 2 heteroatoms. The van der Waals surface area contributed by atoms with Gasteiger partial charge < -0.3 is 0 Å². The van der Waals surface area contributed by atoms with E-state index in [1.165, 1.54) is 25.9 Å². The molecular weight excluding hydrogens is 295 g/mol. The average Bonchev–Trinajstić information content (AvgIpc) is 2.69. The van der Waals surface area contributed by atoms with Crippen molar-refractivity contribution in [2.75, 3.05) is 13.1 Å². The second kappa shape index (κ2) is 4.68. The molecule has 2 aliphatic heterocycles. The Morgan fingerprint density at radius 2 is 1.78 bits per heavy atom. The molecule has 1 aromatic carbocycles. The zero-order valence-corrected chi connectivity index (χ0v) is 14.7. The van der Waals surface area contributed by atoms with Gasteiger partial charge in [0.05, 0.1) is 0 Å². The summed E-state index contributed by atoms with van der Waals surface area (Å²) < 4.78 is 3.37. The van der Waals surface area contributed by atoms with E-state index in [4.69, 9.17) is 0 Å². The number of likely N-dealkylation sites (tertiary alicyclic amines) is 1. The van der Waals surface area contributed by atoms with Crippen LogP contribution in [-0.2, 0) is 34.6 Å². The van der Waals surface area contributed by atoms with Crippen LogP contribution >= 0.6 is 0 Å². The van der Waals surface area contributed by atoms with Crippen LogP contribution in [0.15, 0.2) is 24.3 Å². The number of rotatable bonds is 0. The molecule has 0 aliphatic carbocycles. The van der Waals surface area contributed by atoms with Crippen molar-refractivity contribution in [1.82, 2.24) is 4.90 Å². The molecule has 0 aromatic heterocycles. The van der Waals surface area contributed by atoms with Crippen LogP contribution in [0.4, 0.5) is 0 Å². The Labute approximate surface area is 126 Å². The summed E-state index contributed by atoms with van der Waals surface area (Å²) in [6.07, 6.45) is 2.79. The monoisotopic (exact) mass is 318 g/mol. The summed E-state index contributed by atoms with van der Waals surface area (Å²) in [5, 5.41) is 0. The molecule has 2 aliphatic rings. The fourth-order valence-electron chi connectivity index (χ4n) is 3.65. The maximum absolute atomic E-state index is 2.67. The van der Waals surface area contributed by atoms with E-state index in [2.05, 4.69) is 49.9 Å². The van der Waals surface area contributed by atoms with Crippen molar-refractivity contribution in [3.05, 3.63) is 29.8 Å². The Hall–Kier alpha value is 0.284. The van der Waals surface area contributed by atoms with Crippen LogP contribution in [0.25, 0.3) is 0 Å². The van der Waals surface area contributed by atoms with Gasteiger partial charge in [-0.1, -0.05) is 0 Å². The first-order chi connectivity index (χ1) is 8.51. The van der Waals surface area contributed by atoms with Gasteiger partial charge in [0.25, 0.3) is 0 Å². The summed E-state index contributed by atoms with van der Waals surface area (Å²) in [7, 11) is 0. The molecule has 1 spiro atoms. The minimum absolute atomic E-state index is 0.349. The Bertz CT molecular complexity index is 439. The van der Waals surface area contributed by atoms with E-state index in [-0.39, 0.29) is 0 Å². The van der Waals surface area contributed by atoms with Crippen LogP contribution < -0.4 is 2.37 Å². The van der Waals surface area contributed by atoms with Crippen LogP contribution in [0.5, 0.6) is 0 Å². The molecule has 1 fully saturated rings. The third kappa shape index (κ3) is 2.23.